The van der Waals surface area contributed by atoms with E-state index in [-0.39, 0.29) is 12.1 Å². The summed E-state index contributed by atoms with van der Waals surface area (Å²) in [6.45, 7) is 2.08. The number of ether oxygens (including phenoxy) is 1. The predicted octanol–water partition coefficient (Wildman–Crippen LogP) is 0.408. The van der Waals surface area contributed by atoms with Gasteiger partial charge in [-0.05, 0) is 19.9 Å². The molecule has 1 fully saturated rings. The second kappa shape index (κ2) is 4.41. The monoisotopic (exact) mass is 248 g/mol. The summed E-state index contributed by atoms with van der Waals surface area (Å²) in [6, 6.07) is 0. The summed E-state index contributed by atoms with van der Waals surface area (Å²) in [7, 11) is 2.12. The van der Waals surface area contributed by atoms with Crippen LogP contribution in [0.15, 0.2) is 6.33 Å². The molecule has 0 unspecified atom stereocenters. The standard InChI is InChI=1S/C11H16N6O/c1-17-4-2-7(3-5-17)18-10-8-9(14-6-13-8)15-11(12)16-10/h6-7H,2-5H2,1H3,(H3,12,13,14,15,16). The van der Waals surface area contributed by atoms with Crippen LogP contribution in [0.25, 0.3) is 11.2 Å². The van der Waals surface area contributed by atoms with Crippen molar-refractivity contribution in [3.8, 4) is 5.88 Å². The molecule has 2 aromatic rings. The second-order valence-electron chi connectivity index (χ2n) is 4.61. The fourth-order valence-corrected chi connectivity index (χ4v) is 2.17. The predicted molar refractivity (Wildman–Crippen MR) is 67.2 cm³/mol. The molecule has 0 aliphatic carbocycles. The van der Waals surface area contributed by atoms with E-state index in [1.165, 1.54) is 0 Å². The van der Waals surface area contributed by atoms with E-state index < -0.39 is 0 Å². The van der Waals surface area contributed by atoms with E-state index in [0.717, 1.165) is 25.9 Å². The van der Waals surface area contributed by atoms with Gasteiger partial charge in [-0.1, -0.05) is 0 Å². The van der Waals surface area contributed by atoms with E-state index in [2.05, 4.69) is 31.9 Å². The number of likely N-dealkylation sites (tertiary alicyclic amines) is 1. The van der Waals surface area contributed by atoms with Crippen LogP contribution in [-0.2, 0) is 0 Å². The zero-order valence-electron chi connectivity index (χ0n) is 10.3. The summed E-state index contributed by atoms with van der Waals surface area (Å²) in [4.78, 5) is 17.5. The number of anilines is 1. The number of nitrogens with zero attached hydrogens (tertiary/aromatic N) is 4. The zero-order chi connectivity index (χ0) is 12.5. The van der Waals surface area contributed by atoms with Crippen LogP contribution in [0, 0.1) is 0 Å². The van der Waals surface area contributed by atoms with Crippen LogP contribution >= 0.6 is 0 Å². The molecule has 0 spiro atoms. The normalized spacial score (nSPS) is 18.3. The maximum atomic E-state index is 5.93. The van der Waals surface area contributed by atoms with Gasteiger partial charge in [0, 0.05) is 13.1 Å². The number of hydrogen-bond acceptors (Lipinski definition) is 6. The van der Waals surface area contributed by atoms with Gasteiger partial charge >= 0.3 is 0 Å². The summed E-state index contributed by atoms with van der Waals surface area (Å²) in [6.07, 6.45) is 3.74. The number of aromatic amines is 1. The highest BCUT2D eigenvalue weighted by Gasteiger charge is 2.20. The molecule has 0 amide bonds. The molecule has 1 aliphatic heterocycles. The van der Waals surface area contributed by atoms with E-state index in [0.29, 0.717) is 17.0 Å². The first-order valence-electron chi connectivity index (χ1n) is 6.04. The Morgan fingerprint density at radius 1 is 1.39 bits per heavy atom. The van der Waals surface area contributed by atoms with Gasteiger partial charge in [0.2, 0.25) is 11.8 Å². The molecule has 1 saturated heterocycles. The van der Waals surface area contributed by atoms with Crippen molar-refractivity contribution >= 4 is 17.1 Å². The lowest BCUT2D eigenvalue weighted by molar-refractivity contribution is 0.111. The maximum Gasteiger partial charge on any atom is 0.245 e. The van der Waals surface area contributed by atoms with Gasteiger partial charge < -0.3 is 20.4 Å². The fourth-order valence-electron chi connectivity index (χ4n) is 2.17. The number of imidazole rings is 1. The fraction of sp³-hybridized carbons (Fsp3) is 0.545. The van der Waals surface area contributed by atoms with Gasteiger partial charge in [0.05, 0.1) is 6.33 Å². The first-order valence-corrected chi connectivity index (χ1v) is 6.04. The smallest absolute Gasteiger partial charge is 0.245 e. The first kappa shape index (κ1) is 11.2. The number of nitrogen functional groups attached to an aromatic ring is 1. The molecule has 0 aromatic carbocycles. The third kappa shape index (κ3) is 2.08. The Bertz CT molecular complexity index is 545. The SMILES string of the molecule is CN1CCC(Oc2nc(N)nc3nc[nH]c23)CC1. The minimum atomic E-state index is 0.182. The molecule has 2 aromatic heterocycles. The van der Waals surface area contributed by atoms with Crippen LogP contribution < -0.4 is 10.5 Å². The lowest BCUT2D eigenvalue weighted by atomic mass is 10.1. The van der Waals surface area contributed by atoms with Crippen molar-refractivity contribution in [2.45, 2.75) is 18.9 Å². The molecule has 0 saturated carbocycles. The van der Waals surface area contributed by atoms with Gasteiger partial charge in [-0.15, -0.1) is 0 Å². The average molecular weight is 248 g/mol. The van der Waals surface area contributed by atoms with Crippen LogP contribution in [0.4, 0.5) is 5.95 Å². The van der Waals surface area contributed by atoms with E-state index in [1.54, 1.807) is 6.33 Å². The van der Waals surface area contributed by atoms with E-state index >= 15 is 0 Å². The third-order valence-electron chi connectivity index (χ3n) is 3.21. The number of rotatable bonds is 2. The molecule has 0 radical (unpaired) electrons. The molecule has 18 heavy (non-hydrogen) atoms. The largest absolute Gasteiger partial charge is 0.473 e. The lowest BCUT2D eigenvalue weighted by Crippen LogP contribution is -2.35. The van der Waals surface area contributed by atoms with Crippen molar-refractivity contribution < 1.29 is 4.74 Å². The molecule has 7 heteroatoms. The molecule has 7 nitrogen and oxygen atoms in total. The van der Waals surface area contributed by atoms with Gasteiger partial charge in [0.25, 0.3) is 0 Å². The van der Waals surface area contributed by atoms with Gasteiger partial charge in [0.1, 0.15) is 11.6 Å². The van der Waals surface area contributed by atoms with Crippen LogP contribution in [0.2, 0.25) is 0 Å². The highest BCUT2D eigenvalue weighted by molar-refractivity contribution is 5.76. The quantitative estimate of drug-likeness (QED) is 0.799. The van der Waals surface area contributed by atoms with Crippen LogP contribution in [0.1, 0.15) is 12.8 Å². The summed E-state index contributed by atoms with van der Waals surface area (Å²) in [5.41, 5.74) is 6.90. The molecule has 3 N–H and O–H groups in total. The Hall–Kier alpha value is -1.89. The highest BCUT2D eigenvalue weighted by Crippen LogP contribution is 2.23. The number of hydrogen-bond donors (Lipinski definition) is 2. The minimum absolute atomic E-state index is 0.182. The van der Waals surface area contributed by atoms with Crippen molar-refractivity contribution in [3.63, 3.8) is 0 Å². The van der Waals surface area contributed by atoms with Gasteiger partial charge in [-0.2, -0.15) is 9.97 Å². The summed E-state index contributed by atoms with van der Waals surface area (Å²) in [5.74, 6) is 0.696. The Labute approximate surface area is 104 Å². The van der Waals surface area contributed by atoms with Crippen LogP contribution in [0.3, 0.4) is 0 Å². The minimum Gasteiger partial charge on any atom is -0.473 e. The molecule has 96 valence electrons. The molecular formula is C11H16N6O. The summed E-state index contributed by atoms with van der Waals surface area (Å²) in [5, 5.41) is 0. The molecule has 1 aliphatic rings. The van der Waals surface area contributed by atoms with E-state index in [1.807, 2.05) is 0 Å². The van der Waals surface area contributed by atoms with Crippen molar-refractivity contribution in [3.05, 3.63) is 6.33 Å². The number of H-pyrrole nitrogens is 1. The second-order valence-corrected chi connectivity index (χ2v) is 4.61. The Kier molecular flexibility index (Phi) is 2.75. The first-order chi connectivity index (χ1) is 8.72. The maximum absolute atomic E-state index is 5.93. The van der Waals surface area contributed by atoms with E-state index in [9.17, 15) is 0 Å². The third-order valence-corrected chi connectivity index (χ3v) is 3.21. The average Bonchev–Trinajstić information content (AvgIpc) is 2.80. The van der Waals surface area contributed by atoms with Crippen molar-refractivity contribution in [1.29, 1.82) is 0 Å². The topological polar surface area (TPSA) is 92.9 Å². The Morgan fingerprint density at radius 2 is 2.17 bits per heavy atom. The number of fused-ring (bicyclic) bond motifs is 1. The summed E-state index contributed by atoms with van der Waals surface area (Å²) < 4.78 is 5.93. The van der Waals surface area contributed by atoms with Crippen molar-refractivity contribution in [2.75, 3.05) is 25.9 Å². The molecule has 3 rings (SSSR count). The van der Waals surface area contributed by atoms with Crippen molar-refractivity contribution in [1.82, 2.24) is 24.8 Å². The van der Waals surface area contributed by atoms with Crippen LogP contribution in [-0.4, -0.2) is 51.1 Å². The van der Waals surface area contributed by atoms with Crippen molar-refractivity contribution in [2.24, 2.45) is 0 Å². The van der Waals surface area contributed by atoms with Gasteiger partial charge in [-0.3, -0.25) is 0 Å². The van der Waals surface area contributed by atoms with Crippen LogP contribution in [0.5, 0.6) is 5.88 Å². The lowest BCUT2D eigenvalue weighted by Gasteiger charge is -2.28. The zero-order valence-corrected chi connectivity index (χ0v) is 10.3. The Balaban J connectivity index is 1.83. The molecular weight excluding hydrogens is 232 g/mol. The highest BCUT2D eigenvalue weighted by atomic mass is 16.5. The van der Waals surface area contributed by atoms with Gasteiger partial charge in [-0.25, -0.2) is 4.98 Å². The molecule has 3 heterocycles. The number of nitrogens with two attached hydrogens (primary N) is 1. The van der Waals surface area contributed by atoms with Gasteiger partial charge in [0.15, 0.2) is 5.65 Å². The number of aromatic nitrogens is 4. The Morgan fingerprint density at radius 3 is 2.94 bits per heavy atom. The molecule has 0 bridgehead atoms. The molecule has 0 atom stereocenters. The summed E-state index contributed by atoms with van der Waals surface area (Å²) >= 11 is 0. The van der Waals surface area contributed by atoms with E-state index in [4.69, 9.17) is 10.5 Å². The number of nitrogens with one attached hydrogen (secondary N) is 1. The number of piperidine rings is 1.